The Morgan fingerprint density at radius 3 is 2.61 bits per heavy atom. The molecule has 142 valence electrons. The number of hydrogen-bond donors (Lipinski definition) is 1. The Hall–Kier alpha value is -3.00. The molecule has 7 nitrogen and oxygen atoms in total. The Balaban J connectivity index is 1.27. The highest BCUT2D eigenvalue weighted by Gasteiger charge is 2.09. The molecule has 3 aromatic heterocycles. The van der Waals surface area contributed by atoms with Crippen LogP contribution in [-0.2, 0) is 12.8 Å². The highest BCUT2D eigenvalue weighted by molar-refractivity contribution is 7.99. The lowest BCUT2D eigenvalue weighted by Crippen LogP contribution is -1.89. The Bertz CT molecular complexity index is 1010. The molecule has 1 N–H and O–H groups in total. The van der Waals surface area contributed by atoms with E-state index in [1.54, 1.807) is 24.2 Å². The van der Waals surface area contributed by atoms with Crippen molar-refractivity contribution in [2.24, 2.45) is 0 Å². The van der Waals surface area contributed by atoms with Gasteiger partial charge in [-0.2, -0.15) is 4.98 Å². The van der Waals surface area contributed by atoms with Gasteiger partial charge >= 0.3 is 0 Å². The van der Waals surface area contributed by atoms with Crippen LogP contribution in [0.5, 0.6) is 0 Å². The Labute approximate surface area is 167 Å². The van der Waals surface area contributed by atoms with Gasteiger partial charge in [0.05, 0.1) is 0 Å². The third kappa shape index (κ3) is 4.45. The molecule has 4 rings (SSSR count). The van der Waals surface area contributed by atoms with Crippen LogP contribution in [0.1, 0.15) is 24.8 Å². The van der Waals surface area contributed by atoms with Crippen LogP contribution in [0, 0.1) is 0 Å². The lowest BCUT2D eigenvalue weighted by atomic mass is 10.1. The van der Waals surface area contributed by atoms with Crippen LogP contribution in [0.25, 0.3) is 22.8 Å². The first-order valence-corrected chi connectivity index (χ1v) is 10.2. The van der Waals surface area contributed by atoms with Crippen LogP contribution in [0.2, 0.25) is 0 Å². The van der Waals surface area contributed by atoms with Crippen molar-refractivity contribution in [2.75, 3.05) is 5.75 Å². The van der Waals surface area contributed by atoms with E-state index in [0.717, 1.165) is 47.1 Å². The summed E-state index contributed by atoms with van der Waals surface area (Å²) in [6.07, 6.45) is 6.08. The summed E-state index contributed by atoms with van der Waals surface area (Å²) < 4.78 is 5.32. The van der Waals surface area contributed by atoms with Crippen molar-refractivity contribution < 1.29 is 4.52 Å². The fraction of sp³-hybridized carbons (Fsp3) is 0.250. The lowest BCUT2D eigenvalue weighted by Gasteiger charge is -1.98. The van der Waals surface area contributed by atoms with Gasteiger partial charge in [-0.3, -0.25) is 10.1 Å². The smallest absolute Gasteiger partial charge is 0.226 e. The second-order valence-electron chi connectivity index (χ2n) is 6.22. The van der Waals surface area contributed by atoms with Crippen molar-refractivity contribution in [3.8, 4) is 22.8 Å². The first-order valence-electron chi connectivity index (χ1n) is 9.19. The zero-order chi connectivity index (χ0) is 19.2. The maximum Gasteiger partial charge on any atom is 0.226 e. The third-order valence-electron chi connectivity index (χ3n) is 4.27. The SMILES string of the molecule is CCc1ccc(-c2nc(SCCCc3nc(-c4ccncc4)no3)n[nH]2)cc1. The number of nitrogens with zero attached hydrogens (tertiary/aromatic N) is 5. The summed E-state index contributed by atoms with van der Waals surface area (Å²) in [5, 5.41) is 12.1. The van der Waals surface area contributed by atoms with Gasteiger partial charge in [-0.05, 0) is 30.5 Å². The van der Waals surface area contributed by atoms with Crippen molar-refractivity contribution in [1.29, 1.82) is 0 Å². The number of rotatable bonds is 8. The van der Waals surface area contributed by atoms with Gasteiger partial charge in [0.2, 0.25) is 16.9 Å². The summed E-state index contributed by atoms with van der Waals surface area (Å²) in [7, 11) is 0. The molecule has 0 radical (unpaired) electrons. The normalized spacial score (nSPS) is 11.0. The Morgan fingerprint density at radius 2 is 1.82 bits per heavy atom. The Kier molecular flexibility index (Phi) is 5.77. The second kappa shape index (κ2) is 8.79. The molecular formula is C20H20N6OS. The van der Waals surface area contributed by atoms with Crippen LogP contribution < -0.4 is 0 Å². The number of pyridine rings is 1. The third-order valence-corrected chi connectivity index (χ3v) is 5.21. The quantitative estimate of drug-likeness (QED) is 0.355. The standard InChI is InChI=1S/C20H20N6OS/c1-2-14-5-7-15(8-6-14)18-23-20(25-24-18)28-13-3-4-17-22-19(26-27-17)16-9-11-21-12-10-16/h5-12H,2-4,13H2,1H3,(H,23,24,25). The van der Waals surface area contributed by atoms with Gasteiger partial charge in [0.1, 0.15) is 0 Å². The molecule has 0 atom stereocenters. The van der Waals surface area contributed by atoms with E-state index in [1.165, 1.54) is 5.56 Å². The van der Waals surface area contributed by atoms with Crippen LogP contribution in [0.4, 0.5) is 0 Å². The molecule has 3 heterocycles. The molecule has 8 heteroatoms. The molecule has 0 aliphatic rings. The zero-order valence-corrected chi connectivity index (χ0v) is 16.3. The van der Waals surface area contributed by atoms with E-state index < -0.39 is 0 Å². The van der Waals surface area contributed by atoms with E-state index in [4.69, 9.17) is 4.52 Å². The van der Waals surface area contributed by atoms with E-state index in [1.807, 2.05) is 12.1 Å². The maximum atomic E-state index is 5.32. The molecule has 0 aliphatic heterocycles. The first kappa shape index (κ1) is 18.4. The minimum Gasteiger partial charge on any atom is -0.339 e. The van der Waals surface area contributed by atoms with Crippen molar-refractivity contribution in [3.63, 3.8) is 0 Å². The average Bonchev–Trinajstić information content (AvgIpc) is 3.42. The van der Waals surface area contributed by atoms with Crippen LogP contribution in [0.3, 0.4) is 0 Å². The molecule has 4 aromatic rings. The topological polar surface area (TPSA) is 93.4 Å². The van der Waals surface area contributed by atoms with Crippen molar-refractivity contribution in [3.05, 3.63) is 60.2 Å². The maximum absolute atomic E-state index is 5.32. The summed E-state index contributed by atoms with van der Waals surface area (Å²) >= 11 is 1.61. The lowest BCUT2D eigenvalue weighted by molar-refractivity contribution is 0.378. The molecule has 0 saturated heterocycles. The van der Waals surface area contributed by atoms with Crippen LogP contribution >= 0.6 is 11.8 Å². The van der Waals surface area contributed by atoms with Crippen molar-refractivity contribution in [1.82, 2.24) is 30.3 Å². The van der Waals surface area contributed by atoms with E-state index >= 15 is 0 Å². The van der Waals surface area contributed by atoms with Crippen LogP contribution in [-0.4, -0.2) is 36.1 Å². The number of H-pyrrole nitrogens is 1. The van der Waals surface area contributed by atoms with Crippen molar-refractivity contribution in [2.45, 2.75) is 31.3 Å². The van der Waals surface area contributed by atoms with Crippen molar-refractivity contribution >= 4 is 11.8 Å². The Morgan fingerprint density at radius 1 is 1.00 bits per heavy atom. The largest absolute Gasteiger partial charge is 0.339 e. The minimum absolute atomic E-state index is 0.595. The number of aromatic nitrogens is 6. The zero-order valence-electron chi connectivity index (χ0n) is 15.5. The average molecular weight is 392 g/mol. The van der Waals surface area contributed by atoms with Gasteiger partial charge in [-0.25, -0.2) is 4.98 Å². The minimum atomic E-state index is 0.595. The molecule has 0 fully saturated rings. The molecule has 0 aliphatic carbocycles. The monoisotopic (exact) mass is 392 g/mol. The van der Waals surface area contributed by atoms with Gasteiger partial charge in [-0.15, -0.1) is 5.10 Å². The van der Waals surface area contributed by atoms with Gasteiger partial charge in [0.25, 0.3) is 0 Å². The predicted octanol–water partition coefficient (Wildman–Crippen LogP) is 4.20. The van der Waals surface area contributed by atoms with E-state index in [2.05, 4.69) is 61.5 Å². The molecule has 0 saturated carbocycles. The first-order chi connectivity index (χ1) is 13.8. The molecule has 0 spiro atoms. The van der Waals surface area contributed by atoms with Gasteiger partial charge < -0.3 is 4.52 Å². The summed E-state index contributed by atoms with van der Waals surface area (Å²) in [4.78, 5) is 13.0. The molecule has 28 heavy (non-hydrogen) atoms. The van der Waals surface area contributed by atoms with Gasteiger partial charge in [0.15, 0.2) is 5.82 Å². The number of nitrogens with one attached hydrogen (secondary N) is 1. The van der Waals surface area contributed by atoms with E-state index in [-0.39, 0.29) is 0 Å². The fourth-order valence-corrected chi connectivity index (χ4v) is 3.44. The number of aromatic amines is 1. The summed E-state index contributed by atoms with van der Waals surface area (Å²) in [6.45, 7) is 2.15. The summed E-state index contributed by atoms with van der Waals surface area (Å²) in [5.74, 6) is 2.90. The highest BCUT2D eigenvalue weighted by Crippen LogP contribution is 2.21. The summed E-state index contributed by atoms with van der Waals surface area (Å²) in [5.41, 5.74) is 3.26. The van der Waals surface area contributed by atoms with E-state index in [9.17, 15) is 0 Å². The second-order valence-corrected chi connectivity index (χ2v) is 7.28. The van der Waals surface area contributed by atoms with Crippen LogP contribution in [0.15, 0.2) is 58.5 Å². The van der Waals surface area contributed by atoms with E-state index in [0.29, 0.717) is 11.7 Å². The number of aryl methyl sites for hydroxylation is 2. The predicted molar refractivity (Wildman–Crippen MR) is 108 cm³/mol. The highest BCUT2D eigenvalue weighted by atomic mass is 32.2. The number of benzene rings is 1. The number of hydrogen-bond acceptors (Lipinski definition) is 7. The van der Waals surface area contributed by atoms with Gasteiger partial charge in [0, 0.05) is 35.7 Å². The molecule has 0 unspecified atom stereocenters. The molecular weight excluding hydrogens is 372 g/mol. The molecule has 0 amide bonds. The molecule has 1 aromatic carbocycles. The van der Waals surface area contributed by atoms with Gasteiger partial charge in [-0.1, -0.05) is 48.1 Å². The molecule has 0 bridgehead atoms. The fourth-order valence-electron chi connectivity index (χ4n) is 2.70. The summed E-state index contributed by atoms with van der Waals surface area (Å²) in [6, 6.07) is 12.1. The number of thioether (sulfide) groups is 1.